The van der Waals surface area contributed by atoms with Crippen LogP contribution in [0.1, 0.15) is 0 Å². The van der Waals surface area contributed by atoms with Gasteiger partial charge in [-0.15, -0.1) is 11.3 Å². The number of benzene rings is 2. The molecule has 0 atom stereocenters. The van der Waals surface area contributed by atoms with Crippen molar-refractivity contribution >= 4 is 33.2 Å². The molecule has 0 bridgehead atoms. The highest BCUT2D eigenvalue weighted by atomic mass is 35.5. The molecule has 0 aromatic heterocycles. The molecule has 84 valence electrons. The van der Waals surface area contributed by atoms with Gasteiger partial charge in [-0.05, 0) is 18.2 Å². The normalized spacial score (nSPS) is 11.1. The predicted octanol–water partition coefficient (Wildman–Crippen LogP) is 2.71. The summed E-state index contributed by atoms with van der Waals surface area (Å²) in [5.41, 5.74) is 0.542. The first kappa shape index (κ1) is 10.5. The summed E-state index contributed by atoms with van der Waals surface area (Å²) in [6, 6.07) is 8.16. The molecular formula is C12H6ClNO2S. The Morgan fingerprint density at radius 1 is 1.06 bits per heavy atom. The minimum Gasteiger partial charge on any atom is -0.353 e. The van der Waals surface area contributed by atoms with Gasteiger partial charge < -0.3 is 4.98 Å². The molecule has 1 aromatic rings. The molecule has 1 aromatic carbocycles. The lowest BCUT2D eigenvalue weighted by molar-refractivity contribution is 1.37. The summed E-state index contributed by atoms with van der Waals surface area (Å²) in [5.74, 6) is 0. The quantitative estimate of drug-likeness (QED) is 0.501. The highest BCUT2D eigenvalue weighted by Crippen LogP contribution is 2.29. The van der Waals surface area contributed by atoms with Crippen LogP contribution in [0.25, 0.3) is 20.8 Å². The van der Waals surface area contributed by atoms with Crippen LogP contribution in [-0.4, -0.2) is 4.98 Å². The summed E-state index contributed by atoms with van der Waals surface area (Å²) in [6.07, 6.45) is 0. The molecule has 0 saturated heterocycles. The highest BCUT2D eigenvalue weighted by Gasteiger charge is 2.08. The van der Waals surface area contributed by atoms with Crippen LogP contribution in [0.2, 0.25) is 5.02 Å². The molecule has 3 nitrogen and oxygen atoms in total. The van der Waals surface area contributed by atoms with E-state index in [0.29, 0.717) is 10.7 Å². The third-order valence-corrected chi connectivity index (χ3v) is 3.85. The van der Waals surface area contributed by atoms with E-state index in [1.54, 1.807) is 12.1 Å². The van der Waals surface area contributed by atoms with Gasteiger partial charge in [-0.2, -0.15) is 0 Å². The summed E-state index contributed by atoms with van der Waals surface area (Å²) < 4.78 is 0.986. The predicted molar refractivity (Wildman–Crippen MR) is 70.3 cm³/mol. The largest absolute Gasteiger partial charge is 0.353 e. The first-order valence-corrected chi connectivity index (χ1v) is 6.09. The van der Waals surface area contributed by atoms with Crippen molar-refractivity contribution < 1.29 is 0 Å². The number of aromatic nitrogens is 1. The van der Waals surface area contributed by atoms with E-state index in [-0.39, 0.29) is 0 Å². The standard InChI is InChI=1S/C12H6ClNO2S/c13-6-1-2-11-7(3-6)14-8-4-9(15)10(16)5-12(8)17-11/h1-5,14H. The second-order valence-electron chi connectivity index (χ2n) is 3.66. The van der Waals surface area contributed by atoms with Gasteiger partial charge in [0.2, 0.25) is 10.9 Å². The van der Waals surface area contributed by atoms with Crippen molar-refractivity contribution in [1.82, 2.24) is 4.98 Å². The number of halogens is 1. The van der Waals surface area contributed by atoms with Crippen molar-refractivity contribution in [3.8, 4) is 10.6 Å². The number of fused-ring (bicyclic) bond motifs is 2. The molecule has 5 heteroatoms. The van der Waals surface area contributed by atoms with E-state index >= 15 is 0 Å². The van der Waals surface area contributed by atoms with Crippen LogP contribution < -0.4 is 10.9 Å². The Hall–Kier alpha value is -1.65. The van der Waals surface area contributed by atoms with Crippen molar-refractivity contribution in [2.45, 2.75) is 0 Å². The van der Waals surface area contributed by atoms with Crippen LogP contribution >= 0.6 is 22.9 Å². The Morgan fingerprint density at radius 3 is 2.65 bits per heavy atom. The van der Waals surface area contributed by atoms with Gasteiger partial charge in [0.25, 0.3) is 0 Å². The van der Waals surface area contributed by atoms with Crippen LogP contribution in [0.15, 0.2) is 39.9 Å². The zero-order valence-electron chi connectivity index (χ0n) is 8.49. The summed E-state index contributed by atoms with van der Waals surface area (Å²) in [7, 11) is 0. The molecule has 1 aliphatic carbocycles. The SMILES string of the molecule is O=c1cc2[nH]c3cc(Cl)ccc3sc-2cc1=O. The molecule has 3 rings (SSSR count). The average Bonchev–Trinajstić information content (AvgIpc) is 2.28. The number of hydrogen-bond donors (Lipinski definition) is 1. The van der Waals surface area contributed by atoms with Crippen LogP contribution in [0.3, 0.4) is 0 Å². The molecule has 0 spiro atoms. The Balaban J connectivity index is 2.49. The molecule has 0 radical (unpaired) electrons. The van der Waals surface area contributed by atoms with Crippen molar-refractivity contribution in [2.24, 2.45) is 0 Å². The van der Waals surface area contributed by atoms with Crippen molar-refractivity contribution in [3.05, 3.63) is 55.8 Å². The van der Waals surface area contributed by atoms with E-state index in [4.69, 9.17) is 11.6 Å². The highest BCUT2D eigenvalue weighted by molar-refractivity contribution is 7.21. The molecule has 2 aliphatic rings. The Labute approximate surface area is 105 Å². The van der Waals surface area contributed by atoms with E-state index in [9.17, 15) is 9.59 Å². The fourth-order valence-electron chi connectivity index (χ4n) is 1.68. The summed E-state index contributed by atoms with van der Waals surface area (Å²) in [6.45, 7) is 0. The topological polar surface area (TPSA) is 49.9 Å². The number of aromatic amines is 1. The van der Waals surface area contributed by atoms with Gasteiger partial charge in [-0.25, -0.2) is 0 Å². The average molecular weight is 264 g/mol. The van der Waals surface area contributed by atoms with Gasteiger partial charge >= 0.3 is 0 Å². The van der Waals surface area contributed by atoms with Gasteiger partial charge in [0.15, 0.2) is 0 Å². The zero-order chi connectivity index (χ0) is 12.0. The molecule has 0 saturated carbocycles. The maximum absolute atomic E-state index is 11.3. The van der Waals surface area contributed by atoms with E-state index in [1.165, 1.54) is 23.5 Å². The molecule has 0 amide bonds. The van der Waals surface area contributed by atoms with Crippen molar-refractivity contribution in [3.63, 3.8) is 0 Å². The third kappa shape index (κ3) is 1.75. The molecule has 0 unspecified atom stereocenters. The number of H-pyrrole nitrogens is 1. The fraction of sp³-hybridized carbons (Fsp3) is 0. The second kappa shape index (κ2) is 3.68. The summed E-state index contributed by atoms with van der Waals surface area (Å²) in [5, 5.41) is 0.628. The van der Waals surface area contributed by atoms with Crippen LogP contribution in [-0.2, 0) is 0 Å². The van der Waals surface area contributed by atoms with E-state index < -0.39 is 10.9 Å². The van der Waals surface area contributed by atoms with Crippen LogP contribution in [0.5, 0.6) is 0 Å². The Bertz CT molecular complexity index is 806. The lowest BCUT2D eigenvalue weighted by Crippen LogP contribution is -2.22. The number of nitrogens with one attached hydrogen (secondary N) is 1. The smallest absolute Gasteiger partial charge is 0.227 e. The van der Waals surface area contributed by atoms with Gasteiger partial charge in [-0.1, -0.05) is 11.6 Å². The first-order chi connectivity index (χ1) is 8.13. The first-order valence-electron chi connectivity index (χ1n) is 4.90. The molecule has 0 fully saturated rings. The maximum Gasteiger partial charge on any atom is 0.227 e. The minimum absolute atomic E-state index is 0.476. The Kier molecular flexibility index (Phi) is 2.28. The minimum atomic E-state index is -0.498. The summed E-state index contributed by atoms with van der Waals surface area (Å²) >= 11 is 7.35. The molecule has 1 heterocycles. The monoisotopic (exact) mass is 263 g/mol. The van der Waals surface area contributed by atoms with E-state index in [2.05, 4.69) is 4.98 Å². The third-order valence-electron chi connectivity index (χ3n) is 2.48. The van der Waals surface area contributed by atoms with Crippen LogP contribution in [0.4, 0.5) is 0 Å². The van der Waals surface area contributed by atoms with Crippen molar-refractivity contribution in [1.29, 1.82) is 0 Å². The molecular weight excluding hydrogens is 258 g/mol. The van der Waals surface area contributed by atoms with Gasteiger partial charge in [-0.3, -0.25) is 9.59 Å². The van der Waals surface area contributed by atoms with Gasteiger partial charge in [0, 0.05) is 17.2 Å². The van der Waals surface area contributed by atoms with E-state index in [1.807, 2.05) is 6.07 Å². The molecule has 1 N–H and O–H groups in total. The Morgan fingerprint density at radius 2 is 1.82 bits per heavy atom. The maximum atomic E-state index is 11.3. The van der Waals surface area contributed by atoms with Gasteiger partial charge in [0.1, 0.15) is 0 Å². The fourth-order valence-corrected chi connectivity index (χ4v) is 2.83. The lowest BCUT2D eigenvalue weighted by atomic mass is 10.2. The zero-order valence-corrected chi connectivity index (χ0v) is 10.1. The molecule has 17 heavy (non-hydrogen) atoms. The molecule has 1 aliphatic heterocycles. The van der Waals surface area contributed by atoms with Crippen molar-refractivity contribution in [2.75, 3.05) is 0 Å². The number of hydrogen-bond acceptors (Lipinski definition) is 3. The second-order valence-corrected chi connectivity index (χ2v) is 5.18. The van der Waals surface area contributed by atoms with Crippen LogP contribution in [0, 0.1) is 0 Å². The summed E-state index contributed by atoms with van der Waals surface area (Å²) in [4.78, 5) is 26.4. The van der Waals surface area contributed by atoms with E-state index in [0.717, 1.165) is 15.1 Å². The number of rotatable bonds is 0. The van der Waals surface area contributed by atoms with Gasteiger partial charge in [0.05, 0.1) is 20.8 Å². The lowest BCUT2D eigenvalue weighted by Gasteiger charge is -2.06.